The molecule has 4 heteroatoms. The van der Waals surface area contributed by atoms with Crippen molar-refractivity contribution in [3.63, 3.8) is 0 Å². The number of carbonyl (C=O) groups excluding carboxylic acids is 1. The number of carbonyl (C=O) groups is 1. The minimum atomic E-state index is -0.389. The van der Waals surface area contributed by atoms with Gasteiger partial charge in [-0.3, -0.25) is 4.79 Å². The second-order valence-corrected chi connectivity index (χ2v) is 4.47. The van der Waals surface area contributed by atoms with Crippen LogP contribution in [0.2, 0.25) is 0 Å². The normalized spacial score (nSPS) is 13.9. The van der Waals surface area contributed by atoms with Crippen LogP contribution in [-0.2, 0) is 0 Å². The van der Waals surface area contributed by atoms with E-state index in [0.29, 0.717) is 17.2 Å². The van der Waals surface area contributed by atoms with E-state index in [1.807, 2.05) is 19.9 Å². The number of benzene rings is 1. The standard InChI is InChI=1S/C13H18ClNO2/c1-4-13(2,9-14)15-12(16)10-7-5-6-8-11(10)17-3/h5-8H,4,9H2,1-3H3,(H,15,16). The highest BCUT2D eigenvalue weighted by atomic mass is 35.5. The number of alkyl halides is 1. The van der Waals surface area contributed by atoms with Crippen molar-refractivity contribution in [2.45, 2.75) is 25.8 Å². The van der Waals surface area contributed by atoms with Crippen molar-refractivity contribution in [3.05, 3.63) is 29.8 Å². The maximum absolute atomic E-state index is 12.1. The van der Waals surface area contributed by atoms with Crippen LogP contribution in [0.3, 0.4) is 0 Å². The summed E-state index contributed by atoms with van der Waals surface area (Å²) < 4.78 is 5.15. The lowest BCUT2D eigenvalue weighted by Gasteiger charge is -2.27. The van der Waals surface area contributed by atoms with Crippen molar-refractivity contribution in [3.8, 4) is 5.75 Å². The van der Waals surface area contributed by atoms with Crippen molar-refractivity contribution in [2.75, 3.05) is 13.0 Å². The van der Waals surface area contributed by atoms with E-state index in [9.17, 15) is 4.79 Å². The van der Waals surface area contributed by atoms with E-state index >= 15 is 0 Å². The lowest BCUT2D eigenvalue weighted by Crippen LogP contribution is -2.47. The smallest absolute Gasteiger partial charge is 0.255 e. The number of amides is 1. The van der Waals surface area contributed by atoms with Crippen LogP contribution in [0.25, 0.3) is 0 Å². The lowest BCUT2D eigenvalue weighted by atomic mass is 10.0. The summed E-state index contributed by atoms with van der Waals surface area (Å²) >= 11 is 5.87. The monoisotopic (exact) mass is 255 g/mol. The molecule has 0 spiro atoms. The van der Waals surface area contributed by atoms with Gasteiger partial charge in [-0.25, -0.2) is 0 Å². The van der Waals surface area contributed by atoms with Crippen molar-refractivity contribution in [2.24, 2.45) is 0 Å². The summed E-state index contributed by atoms with van der Waals surface area (Å²) in [6.07, 6.45) is 0.775. The first-order valence-corrected chi connectivity index (χ1v) is 6.11. The molecule has 0 heterocycles. The molecule has 1 N–H and O–H groups in total. The molecular weight excluding hydrogens is 238 g/mol. The fraction of sp³-hybridized carbons (Fsp3) is 0.462. The molecule has 0 aliphatic heterocycles. The van der Waals surface area contributed by atoms with E-state index in [2.05, 4.69) is 5.32 Å². The minimum Gasteiger partial charge on any atom is -0.496 e. The molecule has 1 unspecified atom stereocenters. The quantitative estimate of drug-likeness (QED) is 0.822. The molecule has 0 saturated carbocycles. The van der Waals surface area contributed by atoms with Gasteiger partial charge in [0, 0.05) is 5.88 Å². The maximum atomic E-state index is 12.1. The predicted molar refractivity (Wildman–Crippen MR) is 69.9 cm³/mol. The summed E-state index contributed by atoms with van der Waals surface area (Å²) in [6.45, 7) is 3.91. The zero-order chi connectivity index (χ0) is 12.9. The van der Waals surface area contributed by atoms with E-state index in [0.717, 1.165) is 6.42 Å². The molecule has 3 nitrogen and oxygen atoms in total. The Bertz CT molecular complexity index is 389. The Kier molecular flexibility index (Phi) is 4.82. The fourth-order valence-corrected chi connectivity index (χ4v) is 1.65. The van der Waals surface area contributed by atoms with Crippen LogP contribution in [0, 0.1) is 0 Å². The number of hydrogen-bond acceptors (Lipinski definition) is 2. The molecule has 0 fully saturated rings. The number of methoxy groups -OCH3 is 1. The van der Waals surface area contributed by atoms with Gasteiger partial charge in [0.1, 0.15) is 5.75 Å². The Hall–Kier alpha value is -1.22. The molecule has 1 aromatic rings. The van der Waals surface area contributed by atoms with Gasteiger partial charge in [0.05, 0.1) is 18.2 Å². The zero-order valence-corrected chi connectivity index (χ0v) is 11.2. The van der Waals surface area contributed by atoms with E-state index in [1.54, 1.807) is 25.3 Å². The first kappa shape index (κ1) is 13.8. The highest BCUT2D eigenvalue weighted by Crippen LogP contribution is 2.19. The van der Waals surface area contributed by atoms with Gasteiger partial charge in [-0.05, 0) is 25.5 Å². The number of ether oxygens (including phenoxy) is 1. The van der Waals surface area contributed by atoms with Crippen LogP contribution in [0.5, 0.6) is 5.75 Å². The molecule has 0 aromatic heterocycles. The minimum absolute atomic E-state index is 0.160. The molecule has 1 amide bonds. The Morgan fingerprint density at radius 3 is 2.65 bits per heavy atom. The first-order valence-electron chi connectivity index (χ1n) is 5.58. The largest absolute Gasteiger partial charge is 0.496 e. The van der Waals surface area contributed by atoms with Crippen molar-refractivity contribution in [1.29, 1.82) is 0 Å². The summed E-state index contributed by atoms with van der Waals surface area (Å²) in [4.78, 5) is 12.1. The van der Waals surface area contributed by atoms with Gasteiger partial charge in [-0.2, -0.15) is 0 Å². The molecule has 0 aliphatic rings. The van der Waals surface area contributed by atoms with Gasteiger partial charge in [0.15, 0.2) is 0 Å². The number of para-hydroxylation sites is 1. The van der Waals surface area contributed by atoms with E-state index < -0.39 is 0 Å². The molecule has 17 heavy (non-hydrogen) atoms. The van der Waals surface area contributed by atoms with Crippen LogP contribution < -0.4 is 10.1 Å². The molecule has 0 saturated heterocycles. The highest BCUT2D eigenvalue weighted by Gasteiger charge is 2.24. The number of nitrogens with one attached hydrogen (secondary N) is 1. The predicted octanol–water partition coefficient (Wildman–Crippen LogP) is 2.83. The lowest BCUT2D eigenvalue weighted by molar-refractivity contribution is 0.0909. The number of hydrogen-bond donors (Lipinski definition) is 1. The second-order valence-electron chi connectivity index (χ2n) is 4.20. The summed E-state index contributed by atoms with van der Waals surface area (Å²) in [5.74, 6) is 0.787. The average Bonchev–Trinajstić information content (AvgIpc) is 2.38. The van der Waals surface area contributed by atoms with Crippen molar-refractivity contribution in [1.82, 2.24) is 5.32 Å². The molecular formula is C13H18ClNO2. The second kappa shape index (κ2) is 5.92. The summed E-state index contributed by atoms with van der Waals surface area (Å²) in [7, 11) is 1.55. The van der Waals surface area contributed by atoms with E-state index in [1.165, 1.54) is 0 Å². The van der Waals surface area contributed by atoms with Gasteiger partial charge in [-0.15, -0.1) is 11.6 Å². The number of halogens is 1. The van der Waals surface area contributed by atoms with Gasteiger partial charge < -0.3 is 10.1 Å². The van der Waals surface area contributed by atoms with E-state index in [-0.39, 0.29) is 11.4 Å². The molecule has 1 rings (SSSR count). The van der Waals surface area contributed by atoms with Crippen LogP contribution >= 0.6 is 11.6 Å². The highest BCUT2D eigenvalue weighted by molar-refractivity contribution is 6.18. The fourth-order valence-electron chi connectivity index (χ4n) is 1.39. The maximum Gasteiger partial charge on any atom is 0.255 e. The van der Waals surface area contributed by atoms with Gasteiger partial charge in [0.2, 0.25) is 0 Å². The Balaban J connectivity index is 2.90. The van der Waals surface area contributed by atoms with Crippen molar-refractivity contribution >= 4 is 17.5 Å². The summed E-state index contributed by atoms with van der Waals surface area (Å²) in [6, 6.07) is 7.13. The molecule has 0 aliphatic carbocycles. The van der Waals surface area contributed by atoms with Gasteiger partial charge >= 0.3 is 0 Å². The summed E-state index contributed by atoms with van der Waals surface area (Å²) in [5.41, 5.74) is 0.138. The molecule has 1 atom stereocenters. The Morgan fingerprint density at radius 2 is 2.12 bits per heavy atom. The third kappa shape index (κ3) is 3.37. The summed E-state index contributed by atoms with van der Waals surface area (Å²) in [5, 5.41) is 2.93. The van der Waals surface area contributed by atoms with Crippen molar-refractivity contribution < 1.29 is 9.53 Å². The third-order valence-corrected chi connectivity index (χ3v) is 3.43. The topological polar surface area (TPSA) is 38.3 Å². The molecule has 1 aromatic carbocycles. The molecule has 0 bridgehead atoms. The average molecular weight is 256 g/mol. The zero-order valence-electron chi connectivity index (χ0n) is 10.4. The third-order valence-electron chi connectivity index (χ3n) is 2.84. The Labute approximate surface area is 107 Å². The van der Waals surface area contributed by atoms with Crippen LogP contribution in [0.1, 0.15) is 30.6 Å². The van der Waals surface area contributed by atoms with Crippen LogP contribution in [0.15, 0.2) is 24.3 Å². The molecule has 94 valence electrons. The van der Waals surface area contributed by atoms with Gasteiger partial charge in [-0.1, -0.05) is 19.1 Å². The van der Waals surface area contributed by atoms with Crippen LogP contribution in [0.4, 0.5) is 0 Å². The molecule has 0 radical (unpaired) electrons. The first-order chi connectivity index (χ1) is 8.06. The SMILES string of the molecule is CCC(C)(CCl)NC(=O)c1ccccc1OC. The van der Waals surface area contributed by atoms with E-state index in [4.69, 9.17) is 16.3 Å². The van der Waals surface area contributed by atoms with Gasteiger partial charge in [0.25, 0.3) is 5.91 Å². The number of rotatable bonds is 5. The Morgan fingerprint density at radius 1 is 1.47 bits per heavy atom. The van der Waals surface area contributed by atoms with Crippen LogP contribution in [-0.4, -0.2) is 24.4 Å².